The van der Waals surface area contributed by atoms with E-state index in [2.05, 4.69) is 4.98 Å². The molecular formula is C15H16FNO. The van der Waals surface area contributed by atoms with Crippen molar-refractivity contribution in [1.82, 2.24) is 4.98 Å². The summed E-state index contributed by atoms with van der Waals surface area (Å²) in [4.78, 5) is 4.01. The zero-order chi connectivity index (χ0) is 13.2. The van der Waals surface area contributed by atoms with Crippen molar-refractivity contribution in [2.24, 2.45) is 0 Å². The van der Waals surface area contributed by atoms with Gasteiger partial charge < -0.3 is 5.11 Å². The van der Waals surface area contributed by atoms with E-state index in [1.165, 1.54) is 12.1 Å². The first-order valence-electron chi connectivity index (χ1n) is 5.98. The molecule has 0 radical (unpaired) electrons. The minimum absolute atomic E-state index is 0.401. The molecule has 0 bridgehead atoms. The van der Waals surface area contributed by atoms with Crippen LogP contribution in [-0.2, 0) is 5.60 Å². The Morgan fingerprint density at radius 2 is 1.94 bits per heavy atom. The van der Waals surface area contributed by atoms with Gasteiger partial charge in [-0.15, -0.1) is 0 Å². The highest BCUT2D eigenvalue weighted by Crippen LogP contribution is 2.33. The van der Waals surface area contributed by atoms with E-state index >= 15 is 0 Å². The predicted molar refractivity (Wildman–Crippen MR) is 68.7 cm³/mol. The number of aryl methyl sites for hydroxylation is 1. The minimum atomic E-state index is -1.17. The van der Waals surface area contributed by atoms with Crippen molar-refractivity contribution in [2.45, 2.75) is 25.9 Å². The van der Waals surface area contributed by atoms with Crippen molar-refractivity contribution in [3.8, 4) is 0 Å². The third-order valence-electron chi connectivity index (χ3n) is 3.25. The highest BCUT2D eigenvalue weighted by atomic mass is 19.1. The molecule has 1 unspecified atom stereocenters. The normalized spacial score (nSPS) is 14.2. The highest BCUT2D eigenvalue weighted by Gasteiger charge is 2.32. The first-order chi connectivity index (χ1) is 8.58. The molecule has 2 rings (SSSR count). The van der Waals surface area contributed by atoms with Gasteiger partial charge in [0.2, 0.25) is 0 Å². The van der Waals surface area contributed by atoms with E-state index in [-0.39, 0.29) is 0 Å². The molecule has 0 saturated carbocycles. The molecular weight excluding hydrogens is 229 g/mol. The summed E-state index contributed by atoms with van der Waals surface area (Å²) in [6, 6.07) is 10.5. The Morgan fingerprint density at radius 3 is 2.50 bits per heavy atom. The number of nitrogens with zero attached hydrogens (tertiary/aromatic N) is 1. The summed E-state index contributed by atoms with van der Waals surface area (Å²) < 4.78 is 12.9. The summed E-state index contributed by atoms with van der Waals surface area (Å²) in [6.45, 7) is 3.83. The lowest BCUT2D eigenvalue weighted by Crippen LogP contribution is -2.28. The number of pyridine rings is 1. The maximum Gasteiger partial charge on any atom is 0.141 e. The number of hydrogen-bond donors (Lipinski definition) is 1. The summed E-state index contributed by atoms with van der Waals surface area (Å²) in [7, 11) is 0. The van der Waals surface area contributed by atoms with Crippen molar-refractivity contribution < 1.29 is 9.50 Å². The summed E-state index contributed by atoms with van der Waals surface area (Å²) in [5.41, 5.74) is 1.11. The van der Waals surface area contributed by atoms with Gasteiger partial charge in [0.1, 0.15) is 11.4 Å². The summed E-state index contributed by atoms with van der Waals surface area (Å²) in [6.07, 6.45) is 1.62. The van der Waals surface area contributed by atoms with Crippen molar-refractivity contribution >= 4 is 0 Å². The van der Waals surface area contributed by atoms with Crippen molar-refractivity contribution in [2.75, 3.05) is 0 Å². The number of hydrogen-bond acceptors (Lipinski definition) is 2. The zero-order valence-electron chi connectivity index (χ0n) is 10.5. The SMILES string of the molecule is CCC(O)(c1ccc(F)cn1)c1ccccc1C. The Hall–Kier alpha value is -1.74. The van der Waals surface area contributed by atoms with Crippen LogP contribution in [0.1, 0.15) is 30.2 Å². The van der Waals surface area contributed by atoms with Crippen molar-refractivity contribution in [1.29, 1.82) is 0 Å². The van der Waals surface area contributed by atoms with Crippen molar-refractivity contribution in [3.63, 3.8) is 0 Å². The third kappa shape index (κ3) is 2.14. The molecule has 94 valence electrons. The fraction of sp³-hybridized carbons (Fsp3) is 0.267. The van der Waals surface area contributed by atoms with Crippen LogP contribution in [0.4, 0.5) is 4.39 Å². The molecule has 0 fully saturated rings. The maximum absolute atomic E-state index is 12.9. The Bertz CT molecular complexity index is 538. The predicted octanol–water partition coefficient (Wildman–Crippen LogP) is 3.18. The number of aliphatic hydroxyl groups is 1. The molecule has 3 heteroatoms. The molecule has 0 saturated heterocycles. The molecule has 1 heterocycles. The second-order valence-corrected chi connectivity index (χ2v) is 4.39. The monoisotopic (exact) mass is 245 g/mol. The van der Waals surface area contributed by atoms with Gasteiger partial charge in [-0.05, 0) is 36.6 Å². The van der Waals surface area contributed by atoms with Crippen LogP contribution in [0, 0.1) is 12.7 Å². The summed E-state index contributed by atoms with van der Waals surface area (Å²) in [5, 5.41) is 10.8. The van der Waals surface area contributed by atoms with E-state index < -0.39 is 11.4 Å². The van der Waals surface area contributed by atoms with Crippen LogP contribution < -0.4 is 0 Å². The average Bonchev–Trinajstić information content (AvgIpc) is 2.39. The van der Waals surface area contributed by atoms with Crippen LogP contribution in [0.25, 0.3) is 0 Å². The highest BCUT2D eigenvalue weighted by molar-refractivity contribution is 5.37. The van der Waals surface area contributed by atoms with Gasteiger partial charge in [0, 0.05) is 0 Å². The molecule has 2 nitrogen and oxygen atoms in total. The molecule has 18 heavy (non-hydrogen) atoms. The van der Waals surface area contributed by atoms with Crippen LogP contribution in [0.3, 0.4) is 0 Å². The number of benzene rings is 1. The average molecular weight is 245 g/mol. The lowest BCUT2D eigenvalue weighted by Gasteiger charge is -2.28. The van der Waals surface area contributed by atoms with E-state index in [1.54, 1.807) is 0 Å². The van der Waals surface area contributed by atoms with Gasteiger partial charge in [0.05, 0.1) is 11.9 Å². The lowest BCUT2D eigenvalue weighted by molar-refractivity contribution is 0.0711. The van der Waals surface area contributed by atoms with Crippen molar-refractivity contribution in [3.05, 3.63) is 65.2 Å². The van der Waals surface area contributed by atoms with E-state index in [0.717, 1.165) is 17.3 Å². The van der Waals surface area contributed by atoms with Gasteiger partial charge in [-0.2, -0.15) is 0 Å². The molecule has 0 aliphatic carbocycles. The van der Waals surface area contributed by atoms with Gasteiger partial charge in [-0.3, -0.25) is 4.98 Å². The topological polar surface area (TPSA) is 33.1 Å². The molecule has 0 amide bonds. The van der Waals surface area contributed by atoms with E-state index in [9.17, 15) is 9.50 Å². The third-order valence-corrected chi connectivity index (χ3v) is 3.25. The van der Waals surface area contributed by atoms with E-state index in [0.29, 0.717) is 12.1 Å². The summed E-state index contributed by atoms with van der Waals surface area (Å²) >= 11 is 0. The molecule has 2 aromatic rings. The van der Waals surface area contributed by atoms with Crippen LogP contribution in [0.15, 0.2) is 42.6 Å². The van der Waals surface area contributed by atoms with Crippen LogP contribution in [0.2, 0.25) is 0 Å². The summed E-state index contributed by atoms with van der Waals surface area (Å²) in [5.74, 6) is -0.401. The minimum Gasteiger partial charge on any atom is -0.379 e. The van der Waals surface area contributed by atoms with E-state index in [4.69, 9.17) is 0 Å². The first-order valence-corrected chi connectivity index (χ1v) is 5.98. The Kier molecular flexibility index (Phi) is 3.43. The Morgan fingerprint density at radius 1 is 1.22 bits per heavy atom. The largest absolute Gasteiger partial charge is 0.379 e. The van der Waals surface area contributed by atoms with Crippen LogP contribution >= 0.6 is 0 Å². The molecule has 0 aliphatic heterocycles. The molecule has 1 aromatic carbocycles. The molecule has 1 aromatic heterocycles. The van der Waals surface area contributed by atoms with Gasteiger partial charge in [0.25, 0.3) is 0 Å². The fourth-order valence-corrected chi connectivity index (χ4v) is 2.17. The molecule has 0 aliphatic rings. The van der Waals surface area contributed by atoms with Gasteiger partial charge >= 0.3 is 0 Å². The Labute approximate surface area is 106 Å². The zero-order valence-corrected chi connectivity index (χ0v) is 10.5. The molecule has 1 atom stereocenters. The standard InChI is InChI=1S/C15H16FNO/c1-3-15(18,13-7-5-4-6-11(13)2)14-9-8-12(16)10-17-14/h4-10,18H,3H2,1-2H3. The molecule has 0 spiro atoms. The smallest absolute Gasteiger partial charge is 0.141 e. The van der Waals surface area contributed by atoms with Crippen LogP contribution in [0.5, 0.6) is 0 Å². The second kappa shape index (κ2) is 4.86. The van der Waals surface area contributed by atoms with Gasteiger partial charge in [-0.25, -0.2) is 4.39 Å². The second-order valence-electron chi connectivity index (χ2n) is 4.39. The number of aromatic nitrogens is 1. The number of halogens is 1. The van der Waals surface area contributed by atoms with Crippen LogP contribution in [-0.4, -0.2) is 10.1 Å². The van der Waals surface area contributed by atoms with E-state index in [1.807, 2.05) is 38.1 Å². The Balaban J connectivity index is 2.55. The maximum atomic E-state index is 12.9. The number of rotatable bonds is 3. The first kappa shape index (κ1) is 12.7. The van der Waals surface area contributed by atoms with Gasteiger partial charge in [-0.1, -0.05) is 31.2 Å². The molecule has 1 N–H and O–H groups in total. The van der Waals surface area contributed by atoms with Gasteiger partial charge in [0.15, 0.2) is 0 Å². The fourth-order valence-electron chi connectivity index (χ4n) is 2.17. The lowest BCUT2D eigenvalue weighted by atomic mass is 9.85. The quantitative estimate of drug-likeness (QED) is 0.901.